The molecule has 5 heteroatoms. The minimum atomic E-state index is -0.167. The molecule has 110 valence electrons. The van der Waals surface area contributed by atoms with Crippen molar-refractivity contribution in [3.63, 3.8) is 0 Å². The fraction of sp³-hybridized carbons (Fsp3) is 0.188. The summed E-state index contributed by atoms with van der Waals surface area (Å²) >= 11 is 9.31. The van der Waals surface area contributed by atoms with Gasteiger partial charge in [-0.25, -0.2) is 0 Å². The number of ether oxygens (including phenoxy) is 1. The van der Waals surface area contributed by atoms with Crippen molar-refractivity contribution in [2.75, 3.05) is 7.11 Å². The standard InChI is InChI=1S/C16H15BrClNO2/c1-10(11-4-3-5-13(8-11)21-2)19-16(20)12-6-7-14(17)15(18)9-12/h3-10H,1-2H3,(H,19,20). The van der Waals surface area contributed by atoms with E-state index < -0.39 is 0 Å². The van der Waals surface area contributed by atoms with Crippen molar-refractivity contribution >= 4 is 33.4 Å². The molecule has 2 aromatic carbocycles. The van der Waals surface area contributed by atoms with Gasteiger partial charge in [-0.3, -0.25) is 4.79 Å². The fourth-order valence-electron chi connectivity index (χ4n) is 1.91. The molecule has 1 N–H and O–H groups in total. The Kier molecular flexibility index (Phi) is 5.26. The Morgan fingerprint density at radius 3 is 2.71 bits per heavy atom. The molecule has 21 heavy (non-hydrogen) atoms. The number of rotatable bonds is 4. The third-order valence-corrected chi connectivity index (χ3v) is 4.36. The molecule has 0 spiro atoms. The van der Waals surface area contributed by atoms with E-state index in [4.69, 9.17) is 16.3 Å². The maximum atomic E-state index is 12.2. The summed E-state index contributed by atoms with van der Waals surface area (Å²) in [5.41, 5.74) is 1.50. The lowest BCUT2D eigenvalue weighted by Gasteiger charge is -2.15. The zero-order valence-electron chi connectivity index (χ0n) is 11.7. The minimum Gasteiger partial charge on any atom is -0.497 e. The van der Waals surface area contributed by atoms with Crippen LogP contribution in [0.5, 0.6) is 5.75 Å². The summed E-state index contributed by atoms with van der Waals surface area (Å²) in [6, 6.07) is 12.6. The molecule has 3 nitrogen and oxygen atoms in total. The van der Waals surface area contributed by atoms with Gasteiger partial charge in [-0.1, -0.05) is 23.7 Å². The van der Waals surface area contributed by atoms with E-state index in [2.05, 4.69) is 21.2 Å². The molecule has 0 heterocycles. The average molecular weight is 369 g/mol. The topological polar surface area (TPSA) is 38.3 Å². The van der Waals surface area contributed by atoms with E-state index in [1.165, 1.54) is 0 Å². The number of halogens is 2. The van der Waals surface area contributed by atoms with Gasteiger partial charge in [0.15, 0.2) is 0 Å². The molecule has 0 aliphatic rings. The van der Waals surface area contributed by atoms with Gasteiger partial charge in [-0.2, -0.15) is 0 Å². The van der Waals surface area contributed by atoms with Crippen LogP contribution in [0.3, 0.4) is 0 Å². The van der Waals surface area contributed by atoms with Gasteiger partial charge in [0.2, 0.25) is 0 Å². The smallest absolute Gasteiger partial charge is 0.251 e. The molecular weight excluding hydrogens is 354 g/mol. The summed E-state index contributed by atoms with van der Waals surface area (Å²) in [6.07, 6.45) is 0. The summed E-state index contributed by atoms with van der Waals surface area (Å²) in [4.78, 5) is 12.2. The molecule has 1 unspecified atom stereocenters. The lowest BCUT2D eigenvalue weighted by Crippen LogP contribution is -2.26. The number of carbonyl (C=O) groups excluding carboxylic acids is 1. The number of hydrogen-bond acceptors (Lipinski definition) is 2. The lowest BCUT2D eigenvalue weighted by molar-refractivity contribution is 0.0940. The second-order valence-electron chi connectivity index (χ2n) is 4.60. The zero-order chi connectivity index (χ0) is 15.4. The van der Waals surface area contributed by atoms with Crippen LogP contribution in [0.4, 0.5) is 0 Å². The van der Waals surface area contributed by atoms with Gasteiger partial charge < -0.3 is 10.1 Å². The summed E-state index contributed by atoms with van der Waals surface area (Å²) < 4.78 is 5.95. The Labute approximate surface area is 137 Å². The third-order valence-electron chi connectivity index (χ3n) is 3.12. The first-order valence-corrected chi connectivity index (χ1v) is 7.58. The van der Waals surface area contributed by atoms with E-state index in [1.54, 1.807) is 25.3 Å². The number of carbonyl (C=O) groups is 1. The molecule has 0 fully saturated rings. The molecule has 0 saturated carbocycles. The van der Waals surface area contributed by atoms with Crippen LogP contribution in [0.2, 0.25) is 5.02 Å². The maximum absolute atomic E-state index is 12.2. The van der Waals surface area contributed by atoms with Crippen LogP contribution in [-0.4, -0.2) is 13.0 Å². The monoisotopic (exact) mass is 367 g/mol. The molecule has 2 rings (SSSR count). The van der Waals surface area contributed by atoms with E-state index in [0.29, 0.717) is 10.6 Å². The molecule has 0 radical (unpaired) electrons. The Morgan fingerprint density at radius 2 is 2.05 bits per heavy atom. The van der Waals surface area contributed by atoms with Gasteiger partial charge in [-0.05, 0) is 58.7 Å². The van der Waals surface area contributed by atoms with Gasteiger partial charge >= 0.3 is 0 Å². The van der Waals surface area contributed by atoms with Crippen molar-refractivity contribution in [3.8, 4) is 5.75 Å². The highest BCUT2D eigenvalue weighted by Crippen LogP contribution is 2.24. The summed E-state index contributed by atoms with van der Waals surface area (Å²) in [5, 5.41) is 3.45. The molecule has 0 aromatic heterocycles. The van der Waals surface area contributed by atoms with Gasteiger partial charge in [-0.15, -0.1) is 0 Å². The van der Waals surface area contributed by atoms with Crippen molar-refractivity contribution in [2.45, 2.75) is 13.0 Å². The van der Waals surface area contributed by atoms with Crippen molar-refractivity contribution in [1.29, 1.82) is 0 Å². The number of nitrogens with one attached hydrogen (secondary N) is 1. The molecule has 0 saturated heterocycles. The SMILES string of the molecule is COc1cccc(C(C)NC(=O)c2ccc(Br)c(Cl)c2)c1. The molecule has 0 aliphatic carbocycles. The summed E-state index contributed by atoms with van der Waals surface area (Å²) in [7, 11) is 1.62. The maximum Gasteiger partial charge on any atom is 0.251 e. The second-order valence-corrected chi connectivity index (χ2v) is 5.86. The van der Waals surface area contributed by atoms with Gasteiger partial charge in [0.25, 0.3) is 5.91 Å². The van der Waals surface area contributed by atoms with Crippen LogP contribution >= 0.6 is 27.5 Å². The molecule has 0 bridgehead atoms. The summed E-state index contributed by atoms with van der Waals surface area (Å²) in [5.74, 6) is 0.597. The molecule has 1 atom stereocenters. The van der Waals surface area contributed by atoms with Crippen LogP contribution in [0.1, 0.15) is 28.9 Å². The Balaban J connectivity index is 2.12. The Bertz CT molecular complexity index is 660. The second kappa shape index (κ2) is 6.96. The summed E-state index contributed by atoms with van der Waals surface area (Å²) in [6.45, 7) is 1.92. The number of methoxy groups -OCH3 is 1. The number of hydrogen-bond donors (Lipinski definition) is 1. The highest BCUT2D eigenvalue weighted by atomic mass is 79.9. The largest absolute Gasteiger partial charge is 0.497 e. The van der Waals surface area contributed by atoms with Crippen LogP contribution in [0.15, 0.2) is 46.9 Å². The highest BCUT2D eigenvalue weighted by molar-refractivity contribution is 9.10. The predicted molar refractivity (Wildman–Crippen MR) is 88.0 cm³/mol. The van der Waals surface area contributed by atoms with Crippen LogP contribution in [0, 0.1) is 0 Å². The molecule has 0 aliphatic heterocycles. The first-order valence-electron chi connectivity index (χ1n) is 6.41. The highest BCUT2D eigenvalue weighted by Gasteiger charge is 2.13. The van der Waals surface area contributed by atoms with Gasteiger partial charge in [0.1, 0.15) is 5.75 Å². The average Bonchev–Trinajstić information content (AvgIpc) is 2.49. The molecular formula is C16H15BrClNO2. The molecule has 2 aromatic rings. The third kappa shape index (κ3) is 3.99. The molecule has 1 amide bonds. The predicted octanol–water partition coefficient (Wildman–Crippen LogP) is 4.60. The van der Waals surface area contributed by atoms with Crippen molar-refractivity contribution in [2.24, 2.45) is 0 Å². The van der Waals surface area contributed by atoms with Gasteiger partial charge in [0, 0.05) is 10.0 Å². The van der Waals surface area contributed by atoms with Crippen LogP contribution in [0.25, 0.3) is 0 Å². The lowest BCUT2D eigenvalue weighted by atomic mass is 10.1. The van der Waals surface area contributed by atoms with Crippen molar-refractivity contribution in [3.05, 3.63) is 63.1 Å². The van der Waals surface area contributed by atoms with Gasteiger partial charge in [0.05, 0.1) is 18.2 Å². The van der Waals surface area contributed by atoms with Crippen molar-refractivity contribution < 1.29 is 9.53 Å². The van der Waals surface area contributed by atoms with E-state index in [0.717, 1.165) is 15.8 Å². The van der Waals surface area contributed by atoms with Crippen LogP contribution in [-0.2, 0) is 0 Å². The van der Waals surface area contributed by atoms with E-state index in [1.807, 2.05) is 31.2 Å². The van der Waals surface area contributed by atoms with Crippen LogP contribution < -0.4 is 10.1 Å². The number of amides is 1. The first kappa shape index (κ1) is 15.9. The zero-order valence-corrected chi connectivity index (χ0v) is 14.0. The Hall–Kier alpha value is -1.52. The van der Waals surface area contributed by atoms with E-state index in [-0.39, 0.29) is 11.9 Å². The van der Waals surface area contributed by atoms with E-state index in [9.17, 15) is 4.79 Å². The van der Waals surface area contributed by atoms with E-state index >= 15 is 0 Å². The van der Waals surface area contributed by atoms with Crippen molar-refractivity contribution in [1.82, 2.24) is 5.32 Å². The minimum absolute atomic E-state index is 0.130. The normalized spacial score (nSPS) is 11.8. The Morgan fingerprint density at radius 1 is 1.29 bits per heavy atom. The number of benzene rings is 2. The quantitative estimate of drug-likeness (QED) is 0.856. The first-order chi connectivity index (χ1) is 10.0. The fourth-order valence-corrected chi connectivity index (χ4v) is 2.34.